The average molecular weight is 295 g/mol. The molecule has 0 saturated heterocycles. The molecule has 2 aromatic carbocycles. The molecule has 1 heterocycles. The normalized spacial score (nSPS) is 15.3. The summed E-state index contributed by atoms with van der Waals surface area (Å²) < 4.78 is 0. The number of amides is 2. The molecule has 2 aromatic rings. The zero-order valence-electron chi connectivity index (χ0n) is 12.4. The van der Waals surface area contributed by atoms with Crippen molar-refractivity contribution in [1.29, 1.82) is 0 Å². The van der Waals surface area contributed by atoms with Crippen molar-refractivity contribution >= 4 is 30.7 Å². The van der Waals surface area contributed by atoms with Crippen molar-refractivity contribution in [3.8, 4) is 0 Å². The van der Waals surface area contributed by atoms with Crippen LogP contribution in [0.5, 0.6) is 0 Å². The van der Waals surface area contributed by atoms with E-state index in [1.165, 1.54) is 4.90 Å². The van der Waals surface area contributed by atoms with Crippen LogP contribution in [0.15, 0.2) is 48.3 Å². The summed E-state index contributed by atoms with van der Waals surface area (Å²) in [5.74, 6) is -0.474. The molecule has 0 bridgehead atoms. The highest BCUT2D eigenvalue weighted by molar-refractivity contribution is 6.81. The number of nitrogens with zero attached hydrogens (tertiary/aromatic N) is 1. The number of hydrogen-bond donors (Lipinski definition) is 0. The maximum Gasteiger partial charge on any atom is 0.265 e. The average Bonchev–Trinajstić information content (AvgIpc) is 2.43. The highest BCUT2D eigenvalue weighted by Gasteiger charge is 2.31. The van der Waals surface area contributed by atoms with Gasteiger partial charge in [-0.15, -0.1) is 0 Å². The summed E-state index contributed by atoms with van der Waals surface area (Å²) >= 11 is 0. The predicted octanol–water partition coefficient (Wildman–Crippen LogP) is 3.83. The summed E-state index contributed by atoms with van der Waals surface area (Å²) in [7, 11) is -1.48. The third-order valence-electron chi connectivity index (χ3n) is 3.53. The summed E-state index contributed by atoms with van der Waals surface area (Å²) in [5, 5.41) is 1.70. The maximum atomic E-state index is 12.6. The van der Waals surface area contributed by atoms with Crippen molar-refractivity contribution in [3.63, 3.8) is 0 Å². The van der Waals surface area contributed by atoms with Gasteiger partial charge >= 0.3 is 0 Å². The van der Waals surface area contributed by atoms with Crippen LogP contribution in [-0.2, 0) is 0 Å². The van der Waals surface area contributed by atoms with E-state index in [0.717, 1.165) is 10.8 Å². The van der Waals surface area contributed by atoms with Crippen molar-refractivity contribution < 1.29 is 9.59 Å². The Balaban J connectivity index is 2.18. The van der Waals surface area contributed by atoms with Crippen molar-refractivity contribution in [2.45, 2.75) is 19.6 Å². The second kappa shape index (κ2) is 4.67. The Morgan fingerprint density at radius 3 is 1.90 bits per heavy atom. The fourth-order valence-electron chi connectivity index (χ4n) is 2.48. The van der Waals surface area contributed by atoms with Crippen molar-refractivity contribution in [3.05, 3.63) is 59.4 Å². The van der Waals surface area contributed by atoms with Crippen LogP contribution in [0.2, 0.25) is 19.6 Å². The number of hydrogen-bond acceptors (Lipinski definition) is 2. The van der Waals surface area contributed by atoms with Gasteiger partial charge in [0.1, 0.15) is 0 Å². The highest BCUT2D eigenvalue weighted by Crippen LogP contribution is 2.30. The van der Waals surface area contributed by atoms with E-state index in [2.05, 4.69) is 19.6 Å². The zero-order valence-corrected chi connectivity index (χ0v) is 13.4. The van der Waals surface area contributed by atoms with Gasteiger partial charge < -0.3 is 0 Å². The van der Waals surface area contributed by atoms with Crippen molar-refractivity contribution in [1.82, 2.24) is 4.90 Å². The van der Waals surface area contributed by atoms with Crippen molar-refractivity contribution in [2.75, 3.05) is 0 Å². The Hall–Kier alpha value is -2.20. The van der Waals surface area contributed by atoms with Gasteiger partial charge in [-0.05, 0) is 17.5 Å². The fourth-order valence-corrected chi connectivity index (χ4v) is 3.08. The van der Waals surface area contributed by atoms with Gasteiger partial charge in [-0.25, -0.2) is 4.90 Å². The molecule has 0 unspecified atom stereocenters. The lowest BCUT2D eigenvalue weighted by molar-refractivity contribution is 0.0680. The van der Waals surface area contributed by atoms with E-state index < -0.39 is 8.07 Å². The van der Waals surface area contributed by atoms with E-state index in [1.807, 2.05) is 30.0 Å². The molecule has 0 spiro atoms. The molecule has 3 nitrogen and oxygen atoms in total. The summed E-state index contributed by atoms with van der Waals surface area (Å²) in [6.45, 7) is 6.49. The minimum absolute atomic E-state index is 0.237. The molecule has 2 amide bonds. The van der Waals surface area contributed by atoms with Crippen LogP contribution in [0.4, 0.5) is 0 Å². The first-order valence-electron chi connectivity index (χ1n) is 6.97. The molecule has 21 heavy (non-hydrogen) atoms. The van der Waals surface area contributed by atoms with E-state index in [9.17, 15) is 9.59 Å². The molecule has 0 radical (unpaired) electrons. The van der Waals surface area contributed by atoms with E-state index in [0.29, 0.717) is 11.1 Å². The van der Waals surface area contributed by atoms with Crippen molar-refractivity contribution in [2.24, 2.45) is 0 Å². The number of imide groups is 1. The number of rotatable bonds is 2. The molecule has 0 saturated carbocycles. The van der Waals surface area contributed by atoms with Crippen LogP contribution >= 0.6 is 0 Å². The quantitative estimate of drug-likeness (QED) is 0.624. The van der Waals surface area contributed by atoms with Gasteiger partial charge in [0.05, 0.1) is 8.07 Å². The Morgan fingerprint density at radius 2 is 1.43 bits per heavy atom. The molecule has 0 aromatic heterocycles. The molecule has 0 N–H and O–H groups in total. The van der Waals surface area contributed by atoms with E-state index in [4.69, 9.17) is 0 Å². The first-order chi connectivity index (χ1) is 9.88. The van der Waals surface area contributed by atoms with Crippen LogP contribution < -0.4 is 0 Å². The Bertz CT molecular complexity index is 736. The molecule has 0 aliphatic carbocycles. The molecular formula is C17H17NO2Si. The molecule has 3 rings (SSSR count). The molecule has 0 atom stereocenters. The van der Waals surface area contributed by atoms with Crippen LogP contribution in [0.25, 0.3) is 10.8 Å². The number of carbonyl (C=O) groups is 2. The SMILES string of the molecule is C[Si](C)(C)/C=C/N1C(=O)c2cccc3cccc(c23)C1=O. The molecule has 1 aliphatic heterocycles. The second-order valence-corrected chi connectivity index (χ2v) is 11.4. The zero-order chi connectivity index (χ0) is 15.2. The monoisotopic (exact) mass is 295 g/mol. The fraction of sp³-hybridized carbons (Fsp3) is 0.176. The van der Waals surface area contributed by atoms with Gasteiger partial charge in [0, 0.05) is 22.7 Å². The highest BCUT2D eigenvalue weighted by atomic mass is 28.3. The van der Waals surface area contributed by atoms with E-state index in [-0.39, 0.29) is 11.8 Å². The van der Waals surface area contributed by atoms with Gasteiger partial charge in [0.25, 0.3) is 11.8 Å². The van der Waals surface area contributed by atoms with Crippen LogP contribution in [0, 0.1) is 0 Å². The minimum Gasteiger partial charge on any atom is -0.268 e. The first-order valence-corrected chi connectivity index (χ1v) is 10.6. The lowest BCUT2D eigenvalue weighted by atomic mass is 9.94. The van der Waals surface area contributed by atoms with Gasteiger partial charge in [-0.2, -0.15) is 0 Å². The second-order valence-electron chi connectivity index (χ2n) is 6.37. The maximum absolute atomic E-state index is 12.6. The van der Waals surface area contributed by atoms with Gasteiger partial charge in [0.2, 0.25) is 0 Å². The number of carbonyl (C=O) groups excluding carboxylic acids is 2. The van der Waals surface area contributed by atoms with E-state index >= 15 is 0 Å². The molecule has 4 heteroatoms. The lowest BCUT2D eigenvalue weighted by Crippen LogP contribution is -2.36. The third-order valence-corrected chi connectivity index (χ3v) is 4.68. The molecule has 1 aliphatic rings. The minimum atomic E-state index is -1.48. The molecular weight excluding hydrogens is 278 g/mol. The van der Waals surface area contributed by atoms with Gasteiger partial charge in [0.15, 0.2) is 0 Å². The van der Waals surface area contributed by atoms with Crippen LogP contribution in [0.1, 0.15) is 20.7 Å². The van der Waals surface area contributed by atoms with Crippen LogP contribution in [-0.4, -0.2) is 24.8 Å². The Morgan fingerprint density at radius 1 is 0.905 bits per heavy atom. The molecule has 0 fully saturated rings. The molecule has 106 valence electrons. The Labute approximate surface area is 124 Å². The van der Waals surface area contributed by atoms with Crippen LogP contribution in [0.3, 0.4) is 0 Å². The van der Waals surface area contributed by atoms with E-state index in [1.54, 1.807) is 18.3 Å². The lowest BCUT2D eigenvalue weighted by Gasteiger charge is -2.25. The largest absolute Gasteiger partial charge is 0.268 e. The number of benzene rings is 2. The summed E-state index contributed by atoms with van der Waals surface area (Å²) in [5.41, 5.74) is 3.21. The van der Waals surface area contributed by atoms with Gasteiger partial charge in [-0.3, -0.25) is 9.59 Å². The summed E-state index contributed by atoms with van der Waals surface area (Å²) in [4.78, 5) is 26.4. The first kappa shape index (κ1) is 13.8. The third kappa shape index (κ3) is 2.32. The van der Waals surface area contributed by atoms with Gasteiger partial charge in [-0.1, -0.05) is 49.6 Å². The summed E-state index contributed by atoms with van der Waals surface area (Å²) in [6, 6.07) is 11.1. The topological polar surface area (TPSA) is 37.4 Å². The smallest absolute Gasteiger partial charge is 0.265 e. The Kier molecular flexibility index (Phi) is 3.06. The predicted molar refractivity (Wildman–Crippen MR) is 86.9 cm³/mol. The standard InChI is InChI=1S/C17H17NO2Si/c1-21(2,3)11-10-18-16(19)13-8-4-6-12-7-5-9-14(15(12)13)17(18)20/h4-11H,1-3H3/b11-10+. The summed E-state index contributed by atoms with van der Waals surface area (Å²) in [6.07, 6.45) is 1.66.